The molecular formula is C16H22N2O3. The smallest absolute Gasteiger partial charge is 0.303 e. The number of benzene rings is 1. The van der Waals surface area contributed by atoms with Crippen LogP contribution in [0.4, 0.5) is 5.69 Å². The molecule has 0 saturated heterocycles. The van der Waals surface area contributed by atoms with Crippen molar-refractivity contribution >= 4 is 23.6 Å². The number of carbonyl (C=O) groups is 2. The van der Waals surface area contributed by atoms with E-state index in [1.807, 2.05) is 12.1 Å². The number of hydrogen-bond donors (Lipinski definition) is 3. The average Bonchev–Trinajstić information content (AvgIpc) is 2.45. The molecule has 0 saturated carbocycles. The van der Waals surface area contributed by atoms with Gasteiger partial charge >= 0.3 is 5.97 Å². The Bertz CT molecular complexity index is 481. The largest absolute Gasteiger partial charge is 0.481 e. The second kappa shape index (κ2) is 9.58. The monoisotopic (exact) mass is 290 g/mol. The number of amides is 1. The van der Waals surface area contributed by atoms with E-state index in [1.54, 1.807) is 18.2 Å². The summed E-state index contributed by atoms with van der Waals surface area (Å²) in [5.41, 5.74) is 7.20. The molecule has 0 spiro atoms. The van der Waals surface area contributed by atoms with Crippen molar-refractivity contribution < 1.29 is 14.7 Å². The number of nitrogen functional groups attached to an aromatic ring is 1. The Morgan fingerprint density at radius 2 is 1.76 bits per heavy atom. The van der Waals surface area contributed by atoms with Crippen LogP contribution in [0.1, 0.15) is 37.7 Å². The fourth-order valence-corrected chi connectivity index (χ4v) is 1.80. The zero-order valence-corrected chi connectivity index (χ0v) is 12.0. The van der Waals surface area contributed by atoms with E-state index in [4.69, 9.17) is 10.8 Å². The third-order valence-electron chi connectivity index (χ3n) is 2.98. The minimum atomic E-state index is -0.754. The third kappa shape index (κ3) is 8.47. The van der Waals surface area contributed by atoms with Crippen molar-refractivity contribution in [2.24, 2.45) is 0 Å². The summed E-state index contributed by atoms with van der Waals surface area (Å²) < 4.78 is 0. The maximum Gasteiger partial charge on any atom is 0.303 e. The van der Waals surface area contributed by atoms with Crippen LogP contribution in [0, 0.1) is 0 Å². The number of aliphatic carboxylic acids is 1. The molecule has 0 heterocycles. The van der Waals surface area contributed by atoms with Crippen LogP contribution in [0.3, 0.4) is 0 Å². The van der Waals surface area contributed by atoms with Crippen LogP contribution < -0.4 is 11.1 Å². The van der Waals surface area contributed by atoms with Gasteiger partial charge in [-0.1, -0.05) is 25.0 Å². The molecule has 5 nitrogen and oxygen atoms in total. The van der Waals surface area contributed by atoms with E-state index in [1.165, 1.54) is 6.08 Å². The number of unbranched alkanes of at least 4 members (excludes halogenated alkanes) is 3. The van der Waals surface area contributed by atoms with Crippen LogP contribution in [0.25, 0.3) is 6.08 Å². The topological polar surface area (TPSA) is 92.4 Å². The van der Waals surface area contributed by atoms with Gasteiger partial charge in [0.25, 0.3) is 0 Å². The molecule has 1 rings (SSSR count). The van der Waals surface area contributed by atoms with Gasteiger partial charge in [0, 0.05) is 24.7 Å². The van der Waals surface area contributed by atoms with Gasteiger partial charge < -0.3 is 16.2 Å². The van der Waals surface area contributed by atoms with Gasteiger partial charge in [-0.15, -0.1) is 0 Å². The van der Waals surface area contributed by atoms with Gasteiger partial charge in [-0.3, -0.25) is 9.59 Å². The maximum atomic E-state index is 11.6. The number of anilines is 1. The second-order valence-electron chi connectivity index (χ2n) is 4.85. The van der Waals surface area contributed by atoms with Crippen molar-refractivity contribution in [3.8, 4) is 0 Å². The molecule has 0 aromatic heterocycles. The quantitative estimate of drug-likeness (QED) is 0.370. The van der Waals surface area contributed by atoms with Gasteiger partial charge in [-0.25, -0.2) is 0 Å². The zero-order valence-electron chi connectivity index (χ0n) is 12.0. The minimum absolute atomic E-state index is 0.127. The summed E-state index contributed by atoms with van der Waals surface area (Å²) in [6.07, 6.45) is 6.81. The summed E-state index contributed by atoms with van der Waals surface area (Å²) in [4.78, 5) is 21.9. The maximum absolute atomic E-state index is 11.6. The first-order valence-electron chi connectivity index (χ1n) is 7.11. The Kier molecular flexibility index (Phi) is 7.64. The fraction of sp³-hybridized carbons (Fsp3) is 0.375. The Morgan fingerprint density at radius 3 is 2.43 bits per heavy atom. The van der Waals surface area contributed by atoms with Crippen LogP contribution in [0.2, 0.25) is 0 Å². The van der Waals surface area contributed by atoms with Crippen molar-refractivity contribution in [1.29, 1.82) is 0 Å². The fourth-order valence-electron chi connectivity index (χ4n) is 1.80. The molecule has 0 atom stereocenters. The van der Waals surface area contributed by atoms with E-state index in [2.05, 4.69) is 5.32 Å². The highest BCUT2D eigenvalue weighted by Gasteiger charge is 1.98. The van der Waals surface area contributed by atoms with Gasteiger partial charge in [0.05, 0.1) is 0 Å². The first-order chi connectivity index (χ1) is 10.1. The van der Waals surface area contributed by atoms with E-state index >= 15 is 0 Å². The van der Waals surface area contributed by atoms with Crippen LogP contribution in [0.15, 0.2) is 30.3 Å². The lowest BCUT2D eigenvalue weighted by Gasteiger charge is -2.02. The summed E-state index contributed by atoms with van der Waals surface area (Å²) in [5.74, 6) is -0.881. The lowest BCUT2D eigenvalue weighted by atomic mass is 10.1. The van der Waals surface area contributed by atoms with Crippen molar-refractivity contribution in [3.63, 3.8) is 0 Å². The van der Waals surface area contributed by atoms with Crippen molar-refractivity contribution in [2.75, 3.05) is 12.3 Å². The van der Waals surface area contributed by atoms with E-state index in [0.717, 1.165) is 24.8 Å². The average molecular weight is 290 g/mol. The Balaban J connectivity index is 2.11. The van der Waals surface area contributed by atoms with Crippen LogP contribution in [-0.2, 0) is 9.59 Å². The van der Waals surface area contributed by atoms with Crippen molar-refractivity contribution in [3.05, 3.63) is 35.9 Å². The summed E-state index contributed by atoms with van der Waals surface area (Å²) in [5, 5.41) is 11.3. The molecule has 21 heavy (non-hydrogen) atoms. The highest BCUT2D eigenvalue weighted by molar-refractivity contribution is 5.91. The molecule has 1 amide bonds. The molecule has 4 N–H and O–H groups in total. The lowest BCUT2D eigenvalue weighted by Crippen LogP contribution is -2.21. The zero-order chi connectivity index (χ0) is 15.5. The highest BCUT2D eigenvalue weighted by Crippen LogP contribution is 2.06. The van der Waals surface area contributed by atoms with Gasteiger partial charge in [-0.05, 0) is 36.6 Å². The number of rotatable bonds is 9. The third-order valence-corrected chi connectivity index (χ3v) is 2.98. The first-order valence-corrected chi connectivity index (χ1v) is 7.11. The molecular weight excluding hydrogens is 268 g/mol. The molecule has 0 radical (unpaired) electrons. The highest BCUT2D eigenvalue weighted by atomic mass is 16.4. The minimum Gasteiger partial charge on any atom is -0.481 e. The lowest BCUT2D eigenvalue weighted by molar-refractivity contribution is -0.137. The number of carboxylic acid groups (broad SMARTS) is 1. The molecule has 0 unspecified atom stereocenters. The summed E-state index contributed by atoms with van der Waals surface area (Å²) in [7, 11) is 0. The number of carboxylic acids is 1. The Labute approximate surface area is 124 Å². The SMILES string of the molecule is Nc1ccc(/C=C/C(=O)NCCCCCCC(=O)O)cc1. The second-order valence-corrected chi connectivity index (χ2v) is 4.85. The number of nitrogens with one attached hydrogen (secondary N) is 1. The summed E-state index contributed by atoms with van der Waals surface area (Å²) in [6, 6.07) is 7.27. The molecule has 0 fully saturated rings. The van der Waals surface area contributed by atoms with Crippen molar-refractivity contribution in [2.45, 2.75) is 32.1 Å². The number of hydrogen-bond acceptors (Lipinski definition) is 3. The van der Waals surface area contributed by atoms with Crippen LogP contribution >= 0.6 is 0 Å². The van der Waals surface area contributed by atoms with Gasteiger partial charge in [-0.2, -0.15) is 0 Å². The summed E-state index contributed by atoms with van der Waals surface area (Å²) in [6.45, 7) is 0.609. The van der Waals surface area contributed by atoms with E-state index in [0.29, 0.717) is 18.7 Å². The molecule has 0 aliphatic heterocycles. The molecule has 0 aliphatic carbocycles. The predicted molar refractivity (Wildman–Crippen MR) is 83.6 cm³/mol. The van der Waals surface area contributed by atoms with E-state index < -0.39 is 5.97 Å². The van der Waals surface area contributed by atoms with Gasteiger partial charge in [0.2, 0.25) is 5.91 Å². The first kappa shape index (κ1) is 16.8. The van der Waals surface area contributed by atoms with E-state index in [-0.39, 0.29) is 12.3 Å². The molecule has 1 aromatic rings. The normalized spacial score (nSPS) is 10.7. The number of nitrogens with two attached hydrogens (primary N) is 1. The molecule has 114 valence electrons. The molecule has 5 heteroatoms. The van der Waals surface area contributed by atoms with Gasteiger partial charge in [0.1, 0.15) is 0 Å². The molecule has 0 aliphatic rings. The van der Waals surface area contributed by atoms with Crippen LogP contribution in [0.5, 0.6) is 0 Å². The standard InChI is InChI=1S/C16H22N2O3/c17-14-9-6-13(7-10-14)8-11-15(19)18-12-4-2-1-3-5-16(20)21/h6-11H,1-5,12,17H2,(H,18,19)(H,20,21)/b11-8+. The predicted octanol–water partition coefficient (Wildman–Crippen LogP) is 2.43. The summed E-state index contributed by atoms with van der Waals surface area (Å²) >= 11 is 0. The van der Waals surface area contributed by atoms with Crippen molar-refractivity contribution in [1.82, 2.24) is 5.32 Å². The van der Waals surface area contributed by atoms with E-state index in [9.17, 15) is 9.59 Å². The molecule has 1 aromatic carbocycles. The Morgan fingerprint density at radius 1 is 1.10 bits per heavy atom. The molecule has 0 bridgehead atoms. The van der Waals surface area contributed by atoms with Gasteiger partial charge in [0.15, 0.2) is 0 Å². The van der Waals surface area contributed by atoms with Crippen LogP contribution in [-0.4, -0.2) is 23.5 Å². The Hall–Kier alpha value is -2.30. The number of carbonyl (C=O) groups excluding carboxylic acids is 1.